The second kappa shape index (κ2) is 9.80. The van der Waals surface area contributed by atoms with Crippen LogP contribution in [0.1, 0.15) is 18.9 Å². The molecular formula is C18H17Cl2N3O4. The molecular weight excluding hydrogens is 393 g/mol. The van der Waals surface area contributed by atoms with Gasteiger partial charge in [-0.3, -0.25) is 9.59 Å². The predicted molar refractivity (Wildman–Crippen MR) is 105 cm³/mol. The molecule has 0 radical (unpaired) electrons. The van der Waals surface area contributed by atoms with Gasteiger partial charge in [-0.15, -0.1) is 0 Å². The van der Waals surface area contributed by atoms with Gasteiger partial charge in [0.15, 0.2) is 11.5 Å². The van der Waals surface area contributed by atoms with Gasteiger partial charge in [0.1, 0.15) is 6.42 Å². The first kappa shape index (κ1) is 20.5. The second-order valence-electron chi connectivity index (χ2n) is 5.28. The molecule has 0 aliphatic heterocycles. The highest BCUT2D eigenvalue weighted by Crippen LogP contribution is 2.29. The number of rotatable bonds is 7. The van der Waals surface area contributed by atoms with E-state index in [1.165, 1.54) is 12.3 Å². The van der Waals surface area contributed by atoms with E-state index < -0.39 is 18.2 Å². The first-order valence-electron chi connectivity index (χ1n) is 7.92. The Kier molecular flexibility index (Phi) is 7.45. The van der Waals surface area contributed by atoms with Gasteiger partial charge in [-0.2, -0.15) is 5.10 Å². The van der Waals surface area contributed by atoms with Crippen molar-refractivity contribution in [3.63, 3.8) is 0 Å². The lowest BCUT2D eigenvalue weighted by molar-refractivity contribution is -0.126. The molecule has 2 rings (SSSR count). The fourth-order valence-electron chi connectivity index (χ4n) is 2.04. The maximum Gasteiger partial charge on any atom is 0.249 e. The maximum absolute atomic E-state index is 11.9. The number of hydrogen-bond acceptors (Lipinski definition) is 5. The predicted octanol–water partition coefficient (Wildman–Crippen LogP) is 3.58. The Labute approximate surface area is 165 Å². The number of hydrazone groups is 1. The Morgan fingerprint density at radius 2 is 2.00 bits per heavy atom. The summed E-state index contributed by atoms with van der Waals surface area (Å²) < 4.78 is 5.26. The van der Waals surface area contributed by atoms with Crippen LogP contribution in [0.4, 0.5) is 5.69 Å². The van der Waals surface area contributed by atoms with Gasteiger partial charge in [0.05, 0.1) is 28.6 Å². The first-order chi connectivity index (χ1) is 12.9. The summed E-state index contributed by atoms with van der Waals surface area (Å²) in [5.74, 6) is -0.846. The van der Waals surface area contributed by atoms with Gasteiger partial charge in [-0.25, -0.2) is 5.43 Å². The number of phenolic OH excluding ortho intramolecular Hbond substituents is 1. The molecule has 0 aromatic heterocycles. The summed E-state index contributed by atoms with van der Waals surface area (Å²) in [6.45, 7) is 2.19. The number of carbonyl (C=O) groups excluding carboxylic acids is 2. The Morgan fingerprint density at radius 1 is 1.22 bits per heavy atom. The summed E-state index contributed by atoms with van der Waals surface area (Å²) in [6, 6.07) is 9.41. The lowest BCUT2D eigenvalue weighted by Gasteiger charge is -2.07. The monoisotopic (exact) mass is 409 g/mol. The number of nitrogens with one attached hydrogen (secondary N) is 2. The molecule has 7 nitrogen and oxygen atoms in total. The van der Waals surface area contributed by atoms with Crippen LogP contribution in [0, 0.1) is 0 Å². The summed E-state index contributed by atoms with van der Waals surface area (Å²) in [4.78, 5) is 23.7. The number of benzene rings is 2. The zero-order valence-electron chi connectivity index (χ0n) is 14.3. The van der Waals surface area contributed by atoms with Crippen molar-refractivity contribution in [3.8, 4) is 11.5 Å². The number of ether oxygens (including phenoxy) is 1. The van der Waals surface area contributed by atoms with E-state index in [1.54, 1.807) is 37.3 Å². The average Bonchev–Trinajstić information content (AvgIpc) is 2.62. The summed E-state index contributed by atoms with van der Waals surface area (Å²) >= 11 is 11.8. The van der Waals surface area contributed by atoms with Crippen LogP contribution in [0.15, 0.2) is 41.5 Å². The molecule has 2 aromatic rings. The molecule has 0 aliphatic rings. The van der Waals surface area contributed by atoms with E-state index in [9.17, 15) is 14.7 Å². The molecule has 9 heteroatoms. The van der Waals surface area contributed by atoms with E-state index in [2.05, 4.69) is 15.8 Å². The summed E-state index contributed by atoms with van der Waals surface area (Å²) in [6.07, 6.45) is 0.922. The molecule has 2 aromatic carbocycles. The third-order valence-electron chi connectivity index (χ3n) is 3.23. The SMILES string of the molecule is CCOc1cc(/C=N/NC(=O)CC(=O)Nc2cccc(Cl)c2Cl)ccc1O. The fourth-order valence-corrected chi connectivity index (χ4v) is 2.39. The van der Waals surface area contributed by atoms with Crippen LogP contribution in [0.2, 0.25) is 10.0 Å². The van der Waals surface area contributed by atoms with Crippen molar-refractivity contribution >= 4 is 46.9 Å². The largest absolute Gasteiger partial charge is 0.504 e. The van der Waals surface area contributed by atoms with Crippen molar-refractivity contribution in [1.29, 1.82) is 0 Å². The number of carbonyl (C=O) groups is 2. The van der Waals surface area contributed by atoms with Gasteiger partial charge in [-0.05, 0) is 42.8 Å². The molecule has 0 saturated heterocycles. The summed E-state index contributed by atoms with van der Waals surface area (Å²) in [5.41, 5.74) is 3.17. The van der Waals surface area contributed by atoms with E-state index in [1.807, 2.05) is 0 Å². The normalized spacial score (nSPS) is 10.6. The van der Waals surface area contributed by atoms with E-state index in [-0.39, 0.29) is 10.8 Å². The molecule has 0 unspecified atom stereocenters. The van der Waals surface area contributed by atoms with Crippen LogP contribution in [-0.4, -0.2) is 29.7 Å². The second-order valence-corrected chi connectivity index (χ2v) is 6.06. The van der Waals surface area contributed by atoms with Crippen LogP contribution >= 0.6 is 23.2 Å². The number of halogens is 2. The molecule has 2 amide bonds. The molecule has 142 valence electrons. The Bertz CT molecular complexity index is 872. The highest BCUT2D eigenvalue weighted by Gasteiger charge is 2.12. The number of aromatic hydroxyl groups is 1. The summed E-state index contributed by atoms with van der Waals surface area (Å²) in [7, 11) is 0. The standard InChI is InChI=1S/C18H17Cl2N3O4/c1-2-27-15-8-11(6-7-14(15)24)10-21-23-17(26)9-16(25)22-13-5-3-4-12(19)18(13)20/h3-8,10,24H,2,9H2,1H3,(H,22,25)(H,23,26)/b21-10+. The van der Waals surface area contributed by atoms with Crippen LogP contribution in [0.5, 0.6) is 11.5 Å². The zero-order valence-corrected chi connectivity index (χ0v) is 15.8. The Balaban J connectivity index is 1.88. The summed E-state index contributed by atoms with van der Waals surface area (Å²) in [5, 5.41) is 16.4. The minimum Gasteiger partial charge on any atom is -0.504 e. The van der Waals surface area contributed by atoms with E-state index in [4.69, 9.17) is 27.9 Å². The average molecular weight is 410 g/mol. The lowest BCUT2D eigenvalue weighted by atomic mass is 10.2. The fraction of sp³-hybridized carbons (Fsp3) is 0.167. The van der Waals surface area contributed by atoms with E-state index in [0.717, 1.165) is 0 Å². The molecule has 0 bridgehead atoms. The van der Waals surface area contributed by atoms with Crippen molar-refractivity contribution in [2.45, 2.75) is 13.3 Å². The number of amides is 2. The van der Waals surface area contributed by atoms with Gasteiger partial charge in [0, 0.05) is 0 Å². The molecule has 27 heavy (non-hydrogen) atoms. The molecule has 0 fully saturated rings. The van der Waals surface area contributed by atoms with Gasteiger partial charge in [0.2, 0.25) is 11.8 Å². The van der Waals surface area contributed by atoms with E-state index in [0.29, 0.717) is 28.6 Å². The van der Waals surface area contributed by atoms with Crippen molar-refractivity contribution in [3.05, 3.63) is 52.0 Å². The van der Waals surface area contributed by atoms with Crippen molar-refractivity contribution < 1.29 is 19.4 Å². The van der Waals surface area contributed by atoms with Gasteiger partial charge < -0.3 is 15.2 Å². The number of nitrogens with zero attached hydrogens (tertiary/aromatic N) is 1. The van der Waals surface area contributed by atoms with Gasteiger partial charge in [0.25, 0.3) is 0 Å². The van der Waals surface area contributed by atoms with Crippen molar-refractivity contribution in [1.82, 2.24) is 5.43 Å². The molecule has 0 spiro atoms. The van der Waals surface area contributed by atoms with Crippen molar-refractivity contribution in [2.75, 3.05) is 11.9 Å². The topological polar surface area (TPSA) is 100 Å². The minimum atomic E-state index is -0.606. The highest BCUT2D eigenvalue weighted by atomic mass is 35.5. The molecule has 0 saturated carbocycles. The Hall–Kier alpha value is -2.77. The molecule has 3 N–H and O–H groups in total. The zero-order chi connectivity index (χ0) is 19.8. The maximum atomic E-state index is 11.9. The molecule has 0 aliphatic carbocycles. The molecule has 0 atom stereocenters. The van der Waals surface area contributed by atoms with Crippen LogP contribution in [0.3, 0.4) is 0 Å². The number of anilines is 1. The third kappa shape index (κ3) is 6.16. The van der Waals surface area contributed by atoms with Crippen LogP contribution in [-0.2, 0) is 9.59 Å². The quantitative estimate of drug-likeness (QED) is 0.369. The smallest absolute Gasteiger partial charge is 0.249 e. The van der Waals surface area contributed by atoms with Gasteiger partial charge >= 0.3 is 0 Å². The lowest BCUT2D eigenvalue weighted by Crippen LogP contribution is -2.24. The minimum absolute atomic E-state index is 0.00869. The number of phenols is 1. The van der Waals surface area contributed by atoms with Crippen LogP contribution < -0.4 is 15.5 Å². The highest BCUT2D eigenvalue weighted by molar-refractivity contribution is 6.44. The number of hydrogen-bond donors (Lipinski definition) is 3. The van der Waals surface area contributed by atoms with Crippen molar-refractivity contribution in [2.24, 2.45) is 5.10 Å². The molecule has 0 heterocycles. The Morgan fingerprint density at radius 3 is 2.74 bits per heavy atom. The third-order valence-corrected chi connectivity index (χ3v) is 4.05. The van der Waals surface area contributed by atoms with Crippen LogP contribution in [0.25, 0.3) is 0 Å². The first-order valence-corrected chi connectivity index (χ1v) is 8.68. The van der Waals surface area contributed by atoms with Gasteiger partial charge in [-0.1, -0.05) is 29.3 Å². The van der Waals surface area contributed by atoms with E-state index >= 15 is 0 Å².